The maximum absolute atomic E-state index is 5.08. The largest absolute Gasteiger partial charge is 0.292 e. The zero-order chi connectivity index (χ0) is 33.0. The first-order valence-electron chi connectivity index (χ1n) is 16.6. The minimum Gasteiger partial charge on any atom is -0.292 e. The first-order valence-corrected chi connectivity index (χ1v) is 17.4. The second kappa shape index (κ2) is 11.6. The standard InChI is InChI=1S/C44H27N5S/c1-3-11-28(12-4-1)29-19-21-31(22-20-29)43-46-42(30-13-5-2-6-14-30)47-44(48-43)32-23-26-39(45-27-32)49-37-17-9-7-15-33(37)35-24-25-36-34-16-8-10-18-38(34)50-41(36)40(35)49/h1-27H. The molecule has 10 aromatic rings. The van der Waals surface area contributed by atoms with Crippen LogP contribution in [0.15, 0.2) is 164 Å². The van der Waals surface area contributed by atoms with Crippen molar-refractivity contribution in [1.82, 2.24) is 24.5 Å². The molecule has 234 valence electrons. The van der Waals surface area contributed by atoms with Crippen molar-refractivity contribution in [3.8, 4) is 51.1 Å². The van der Waals surface area contributed by atoms with E-state index in [1.54, 1.807) is 0 Å². The molecular formula is C44H27N5S. The third-order valence-electron chi connectivity index (χ3n) is 9.33. The fourth-order valence-electron chi connectivity index (χ4n) is 6.91. The fourth-order valence-corrected chi connectivity index (χ4v) is 8.15. The fraction of sp³-hybridized carbons (Fsp3) is 0. The van der Waals surface area contributed by atoms with E-state index in [1.807, 2.05) is 53.9 Å². The monoisotopic (exact) mass is 657 g/mol. The van der Waals surface area contributed by atoms with Crippen molar-refractivity contribution < 1.29 is 0 Å². The predicted molar refractivity (Wildman–Crippen MR) is 207 cm³/mol. The van der Waals surface area contributed by atoms with Gasteiger partial charge in [-0.2, -0.15) is 0 Å². The molecule has 0 aliphatic heterocycles. The van der Waals surface area contributed by atoms with Gasteiger partial charge in [0.2, 0.25) is 0 Å². The molecule has 6 aromatic carbocycles. The Balaban J connectivity index is 1.11. The average molecular weight is 658 g/mol. The number of pyridine rings is 1. The lowest BCUT2D eigenvalue weighted by Gasteiger charge is -2.10. The third kappa shape index (κ3) is 4.69. The molecule has 0 amide bonds. The number of fused-ring (bicyclic) bond motifs is 7. The van der Waals surface area contributed by atoms with Crippen molar-refractivity contribution in [2.75, 3.05) is 0 Å². The number of para-hydroxylation sites is 1. The smallest absolute Gasteiger partial charge is 0.165 e. The van der Waals surface area contributed by atoms with E-state index >= 15 is 0 Å². The van der Waals surface area contributed by atoms with Crippen molar-refractivity contribution in [2.24, 2.45) is 0 Å². The number of hydrogen-bond acceptors (Lipinski definition) is 5. The van der Waals surface area contributed by atoms with E-state index in [4.69, 9.17) is 19.9 Å². The van der Waals surface area contributed by atoms with E-state index in [-0.39, 0.29) is 0 Å². The molecule has 0 aliphatic carbocycles. The van der Waals surface area contributed by atoms with Crippen LogP contribution in [0.4, 0.5) is 0 Å². The Morgan fingerprint density at radius 3 is 1.66 bits per heavy atom. The molecule has 0 unspecified atom stereocenters. The molecule has 50 heavy (non-hydrogen) atoms. The van der Waals surface area contributed by atoms with Gasteiger partial charge in [-0.25, -0.2) is 19.9 Å². The second-order valence-corrected chi connectivity index (χ2v) is 13.4. The van der Waals surface area contributed by atoms with Crippen molar-refractivity contribution >= 4 is 53.3 Å². The number of thiophene rings is 1. The van der Waals surface area contributed by atoms with E-state index in [9.17, 15) is 0 Å². The zero-order valence-corrected chi connectivity index (χ0v) is 27.5. The molecule has 0 aliphatic rings. The van der Waals surface area contributed by atoms with E-state index in [2.05, 4.69) is 126 Å². The van der Waals surface area contributed by atoms with Crippen LogP contribution in [0.3, 0.4) is 0 Å². The van der Waals surface area contributed by atoms with Gasteiger partial charge in [0.25, 0.3) is 0 Å². The highest BCUT2D eigenvalue weighted by atomic mass is 32.1. The summed E-state index contributed by atoms with van der Waals surface area (Å²) in [5.41, 5.74) is 7.29. The van der Waals surface area contributed by atoms with Crippen molar-refractivity contribution in [2.45, 2.75) is 0 Å². The number of aromatic nitrogens is 5. The maximum atomic E-state index is 5.08. The second-order valence-electron chi connectivity index (χ2n) is 12.3. The summed E-state index contributed by atoms with van der Waals surface area (Å²) in [6.07, 6.45) is 1.88. The van der Waals surface area contributed by atoms with Crippen LogP contribution in [0, 0.1) is 0 Å². The van der Waals surface area contributed by atoms with E-state index in [0.717, 1.165) is 33.6 Å². The quantitative estimate of drug-likeness (QED) is 0.185. The molecule has 0 atom stereocenters. The molecule has 0 fully saturated rings. The lowest BCUT2D eigenvalue weighted by Crippen LogP contribution is -2.01. The number of nitrogens with zero attached hydrogens (tertiary/aromatic N) is 5. The highest BCUT2D eigenvalue weighted by molar-refractivity contribution is 7.26. The normalized spacial score (nSPS) is 11.6. The predicted octanol–water partition coefficient (Wildman–Crippen LogP) is 11.4. The van der Waals surface area contributed by atoms with Gasteiger partial charge in [-0.15, -0.1) is 11.3 Å². The Bertz CT molecular complexity index is 2840. The molecule has 4 heterocycles. The highest BCUT2D eigenvalue weighted by Gasteiger charge is 2.19. The molecule has 5 nitrogen and oxygen atoms in total. The summed E-state index contributed by atoms with van der Waals surface area (Å²) in [5, 5.41) is 4.98. The van der Waals surface area contributed by atoms with Crippen LogP contribution in [0.2, 0.25) is 0 Å². The van der Waals surface area contributed by atoms with Gasteiger partial charge in [-0.1, -0.05) is 133 Å². The van der Waals surface area contributed by atoms with Crippen LogP contribution in [0.1, 0.15) is 0 Å². The third-order valence-corrected chi connectivity index (χ3v) is 10.5. The van der Waals surface area contributed by atoms with Crippen LogP contribution in [0.5, 0.6) is 0 Å². The molecule has 0 N–H and O–H groups in total. The van der Waals surface area contributed by atoms with Crippen molar-refractivity contribution in [3.05, 3.63) is 164 Å². The molecule has 0 saturated heterocycles. The Hall–Kier alpha value is -6.50. The Morgan fingerprint density at radius 2 is 0.940 bits per heavy atom. The minimum absolute atomic E-state index is 0.578. The molecule has 6 heteroatoms. The summed E-state index contributed by atoms with van der Waals surface area (Å²) in [7, 11) is 0. The molecule has 0 radical (unpaired) electrons. The van der Waals surface area contributed by atoms with Crippen LogP contribution in [-0.4, -0.2) is 24.5 Å². The molecule has 0 saturated carbocycles. The van der Waals surface area contributed by atoms with Crippen molar-refractivity contribution in [3.63, 3.8) is 0 Å². The summed E-state index contributed by atoms with van der Waals surface area (Å²) < 4.78 is 4.85. The maximum Gasteiger partial charge on any atom is 0.165 e. The minimum atomic E-state index is 0.578. The van der Waals surface area contributed by atoms with E-state index in [0.29, 0.717) is 17.5 Å². The SMILES string of the molecule is c1ccc(-c2ccc(-c3nc(-c4ccccc4)nc(-c4ccc(-n5c6ccccc6c6ccc7c8ccccc8sc7c65)nc4)n3)cc2)cc1. The van der Waals surface area contributed by atoms with Crippen LogP contribution in [0.25, 0.3) is 93.1 Å². The Labute approximate surface area is 291 Å². The Kier molecular flexibility index (Phi) is 6.60. The zero-order valence-electron chi connectivity index (χ0n) is 26.7. The van der Waals surface area contributed by atoms with Gasteiger partial charge in [0.05, 0.1) is 15.7 Å². The molecule has 10 rings (SSSR count). The number of benzene rings is 6. The van der Waals surface area contributed by atoms with Crippen molar-refractivity contribution in [1.29, 1.82) is 0 Å². The average Bonchev–Trinajstić information content (AvgIpc) is 3.75. The van der Waals surface area contributed by atoms with Crippen LogP contribution >= 0.6 is 11.3 Å². The highest BCUT2D eigenvalue weighted by Crippen LogP contribution is 2.42. The summed E-state index contributed by atoms with van der Waals surface area (Å²) in [5.74, 6) is 2.66. The van der Waals surface area contributed by atoms with E-state index in [1.165, 1.54) is 42.0 Å². The molecule has 0 spiro atoms. The van der Waals surface area contributed by atoms with E-state index < -0.39 is 0 Å². The van der Waals surface area contributed by atoms with Crippen LogP contribution < -0.4 is 0 Å². The summed E-state index contributed by atoms with van der Waals surface area (Å²) >= 11 is 1.84. The Morgan fingerprint density at radius 1 is 0.400 bits per heavy atom. The lowest BCUT2D eigenvalue weighted by atomic mass is 10.0. The van der Waals surface area contributed by atoms with Gasteiger partial charge in [0.15, 0.2) is 17.5 Å². The van der Waals surface area contributed by atoms with Gasteiger partial charge in [-0.05, 0) is 35.4 Å². The summed E-state index contributed by atoms with van der Waals surface area (Å²) in [6, 6.07) is 54.7. The first-order chi connectivity index (χ1) is 24.8. The summed E-state index contributed by atoms with van der Waals surface area (Å²) in [4.78, 5) is 20.0. The summed E-state index contributed by atoms with van der Waals surface area (Å²) in [6.45, 7) is 0. The number of hydrogen-bond donors (Lipinski definition) is 0. The van der Waals surface area contributed by atoms with Gasteiger partial charge in [0.1, 0.15) is 5.82 Å². The van der Waals surface area contributed by atoms with Gasteiger partial charge in [0, 0.05) is 49.1 Å². The lowest BCUT2D eigenvalue weighted by molar-refractivity contribution is 1.05. The topological polar surface area (TPSA) is 56.5 Å². The first kappa shape index (κ1) is 28.5. The number of rotatable bonds is 5. The molecule has 4 aromatic heterocycles. The van der Waals surface area contributed by atoms with Gasteiger partial charge >= 0.3 is 0 Å². The molecule has 0 bridgehead atoms. The molecular weight excluding hydrogens is 631 g/mol. The van der Waals surface area contributed by atoms with Crippen LogP contribution in [-0.2, 0) is 0 Å². The van der Waals surface area contributed by atoms with Gasteiger partial charge < -0.3 is 0 Å². The van der Waals surface area contributed by atoms with Gasteiger partial charge in [-0.3, -0.25) is 4.57 Å².